The molecule has 0 unspecified atom stereocenters. The first-order chi connectivity index (χ1) is 14.3. The monoisotopic (exact) mass is 400 g/mol. The SMILES string of the molecule is CC(C)(C)c1cc(=O)[nH]c2cc(NC(=O)c3ccc(Cn4ccnc4)cc3)ccc12. The molecule has 2 aromatic carbocycles. The Bertz CT molecular complexity index is 1250. The molecule has 0 saturated carbocycles. The number of aromatic nitrogens is 3. The van der Waals surface area contributed by atoms with E-state index in [4.69, 9.17) is 0 Å². The smallest absolute Gasteiger partial charge is 0.255 e. The van der Waals surface area contributed by atoms with E-state index < -0.39 is 0 Å². The lowest BCUT2D eigenvalue weighted by Crippen LogP contribution is -2.17. The van der Waals surface area contributed by atoms with Crippen LogP contribution in [0.15, 0.2) is 72.0 Å². The van der Waals surface area contributed by atoms with Crippen molar-refractivity contribution >= 4 is 22.5 Å². The molecular weight excluding hydrogens is 376 g/mol. The second kappa shape index (κ2) is 7.63. The predicted octanol–water partition coefficient (Wildman–Crippen LogP) is 4.32. The van der Waals surface area contributed by atoms with Crippen molar-refractivity contribution in [2.24, 2.45) is 0 Å². The van der Waals surface area contributed by atoms with Crippen LogP contribution in [0.3, 0.4) is 0 Å². The molecule has 0 fully saturated rings. The maximum atomic E-state index is 12.7. The quantitative estimate of drug-likeness (QED) is 0.535. The number of carbonyl (C=O) groups excluding carboxylic acids is 1. The Balaban J connectivity index is 1.55. The average molecular weight is 400 g/mol. The molecule has 30 heavy (non-hydrogen) atoms. The molecule has 0 aliphatic carbocycles. The molecule has 152 valence electrons. The normalized spacial score (nSPS) is 11.6. The Morgan fingerprint density at radius 2 is 1.87 bits per heavy atom. The molecule has 0 radical (unpaired) electrons. The third kappa shape index (κ3) is 4.17. The summed E-state index contributed by atoms with van der Waals surface area (Å²) in [6.45, 7) is 6.93. The van der Waals surface area contributed by atoms with E-state index in [1.54, 1.807) is 24.7 Å². The zero-order valence-corrected chi connectivity index (χ0v) is 17.3. The van der Waals surface area contributed by atoms with Crippen LogP contribution in [0.25, 0.3) is 10.9 Å². The van der Waals surface area contributed by atoms with Crippen molar-refractivity contribution in [2.75, 3.05) is 5.32 Å². The highest BCUT2D eigenvalue weighted by atomic mass is 16.1. The molecule has 4 aromatic rings. The highest BCUT2D eigenvalue weighted by Gasteiger charge is 2.18. The lowest BCUT2D eigenvalue weighted by Gasteiger charge is -2.21. The van der Waals surface area contributed by atoms with Crippen LogP contribution in [-0.4, -0.2) is 20.4 Å². The molecule has 1 amide bonds. The summed E-state index contributed by atoms with van der Waals surface area (Å²) in [5.74, 6) is -0.196. The van der Waals surface area contributed by atoms with Gasteiger partial charge in [0.25, 0.3) is 5.91 Å². The Morgan fingerprint density at radius 3 is 2.53 bits per heavy atom. The highest BCUT2D eigenvalue weighted by molar-refractivity contribution is 6.05. The number of nitrogens with zero attached hydrogens (tertiary/aromatic N) is 2. The molecule has 0 atom stereocenters. The number of H-pyrrole nitrogens is 1. The van der Waals surface area contributed by atoms with E-state index in [2.05, 4.69) is 36.1 Å². The fourth-order valence-electron chi connectivity index (χ4n) is 3.51. The third-order valence-electron chi connectivity index (χ3n) is 5.05. The third-order valence-corrected chi connectivity index (χ3v) is 5.05. The maximum Gasteiger partial charge on any atom is 0.255 e. The van der Waals surface area contributed by atoms with Gasteiger partial charge in [-0.25, -0.2) is 4.98 Å². The number of rotatable bonds is 4. The Labute approximate surface area is 174 Å². The number of hydrogen-bond acceptors (Lipinski definition) is 3. The molecule has 0 spiro atoms. The number of imidazole rings is 1. The molecule has 4 rings (SSSR count). The standard InChI is InChI=1S/C24H24N4O2/c1-24(2,3)20-13-22(29)27-21-12-18(8-9-19(20)21)26-23(30)17-6-4-16(5-7-17)14-28-11-10-25-15-28/h4-13,15H,14H2,1-3H3,(H,26,30)(H,27,29). The van der Waals surface area contributed by atoms with Crippen LogP contribution in [-0.2, 0) is 12.0 Å². The fraction of sp³-hybridized carbons (Fsp3) is 0.208. The number of aromatic amines is 1. The molecule has 0 saturated heterocycles. The van der Waals surface area contributed by atoms with E-state index >= 15 is 0 Å². The predicted molar refractivity (Wildman–Crippen MR) is 119 cm³/mol. The lowest BCUT2D eigenvalue weighted by atomic mass is 9.85. The van der Waals surface area contributed by atoms with Crippen LogP contribution in [0.5, 0.6) is 0 Å². The first-order valence-corrected chi connectivity index (χ1v) is 9.83. The zero-order valence-electron chi connectivity index (χ0n) is 17.3. The van der Waals surface area contributed by atoms with Crippen molar-refractivity contribution in [3.63, 3.8) is 0 Å². The van der Waals surface area contributed by atoms with Crippen LogP contribution in [0.2, 0.25) is 0 Å². The summed E-state index contributed by atoms with van der Waals surface area (Å²) in [4.78, 5) is 31.7. The van der Waals surface area contributed by atoms with E-state index in [1.165, 1.54) is 0 Å². The van der Waals surface area contributed by atoms with Gasteiger partial charge in [-0.3, -0.25) is 9.59 Å². The van der Waals surface area contributed by atoms with Crippen molar-refractivity contribution in [1.82, 2.24) is 14.5 Å². The van der Waals surface area contributed by atoms with E-state index in [-0.39, 0.29) is 16.9 Å². The van der Waals surface area contributed by atoms with Gasteiger partial charge in [0, 0.05) is 41.6 Å². The van der Waals surface area contributed by atoms with Gasteiger partial charge in [-0.2, -0.15) is 0 Å². The van der Waals surface area contributed by atoms with Gasteiger partial charge < -0.3 is 14.9 Å². The second-order valence-corrected chi connectivity index (χ2v) is 8.44. The summed E-state index contributed by atoms with van der Waals surface area (Å²) in [7, 11) is 0. The summed E-state index contributed by atoms with van der Waals surface area (Å²) in [6.07, 6.45) is 5.40. The van der Waals surface area contributed by atoms with Gasteiger partial charge in [0.2, 0.25) is 5.56 Å². The minimum atomic E-state index is -0.196. The summed E-state index contributed by atoms with van der Waals surface area (Å²) >= 11 is 0. The van der Waals surface area contributed by atoms with Gasteiger partial charge in [0.05, 0.1) is 11.8 Å². The lowest BCUT2D eigenvalue weighted by molar-refractivity contribution is 0.102. The Kier molecular flexibility index (Phi) is 4.99. The van der Waals surface area contributed by atoms with Crippen LogP contribution in [0.4, 0.5) is 5.69 Å². The first kappa shape index (κ1) is 19.6. The van der Waals surface area contributed by atoms with E-state index in [9.17, 15) is 9.59 Å². The van der Waals surface area contributed by atoms with Crippen LogP contribution in [0.1, 0.15) is 42.3 Å². The second-order valence-electron chi connectivity index (χ2n) is 8.44. The summed E-state index contributed by atoms with van der Waals surface area (Å²) in [5, 5.41) is 3.89. The Morgan fingerprint density at radius 1 is 1.10 bits per heavy atom. The summed E-state index contributed by atoms with van der Waals surface area (Å²) < 4.78 is 1.97. The molecule has 6 nitrogen and oxygen atoms in total. The van der Waals surface area contributed by atoms with Gasteiger partial charge in [-0.05, 0) is 40.8 Å². The van der Waals surface area contributed by atoms with Gasteiger partial charge in [0.15, 0.2) is 0 Å². The minimum Gasteiger partial charge on any atom is -0.333 e. The van der Waals surface area contributed by atoms with Gasteiger partial charge in [-0.1, -0.05) is 39.0 Å². The molecular formula is C24H24N4O2. The summed E-state index contributed by atoms with van der Waals surface area (Å²) in [6, 6.07) is 14.7. The van der Waals surface area contributed by atoms with Crippen molar-refractivity contribution in [1.29, 1.82) is 0 Å². The average Bonchev–Trinajstić information content (AvgIpc) is 3.20. The van der Waals surface area contributed by atoms with Crippen LogP contribution >= 0.6 is 0 Å². The number of hydrogen-bond donors (Lipinski definition) is 2. The van der Waals surface area contributed by atoms with E-state index in [1.807, 2.05) is 47.2 Å². The fourth-order valence-corrected chi connectivity index (χ4v) is 3.51. The molecule has 2 N–H and O–H groups in total. The number of benzene rings is 2. The molecule has 0 bridgehead atoms. The number of anilines is 1. The molecule has 0 aliphatic heterocycles. The number of fused-ring (bicyclic) bond motifs is 1. The van der Waals surface area contributed by atoms with E-state index in [0.717, 1.165) is 16.5 Å². The van der Waals surface area contributed by atoms with E-state index in [0.29, 0.717) is 23.3 Å². The van der Waals surface area contributed by atoms with Gasteiger partial charge >= 0.3 is 0 Å². The minimum absolute atomic E-state index is 0.149. The number of carbonyl (C=O) groups is 1. The highest BCUT2D eigenvalue weighted by Crippen LogP contribution is 2.29. The Hall–Kier alpha value is -3.67. The largest absolute Gasteiger partial charge is 0.333 e. The van der Waals surface area contributed by atoms with Crippen molar-refractivity contribution in [3.8, 4) is 0 Å². The summed E-state index contributed by atoms with van der Waals surface area (Å²) in [5.41, 5.74) is 3.67. The number of amides is 1. The number of nitrogens with one attached hydrogen (secondary N) is 2. The van der Waals surface area contributed by atoms with Crippen LogP contribution < -0.4 is 10.9 Å². The zero-order chi connectivity index (χ0) is 21.3. The molecule has 2 heterocycles. The topological polar surface area (TPSA) is 79.8 Å². The van der Waals surface area contributed by atoms with Gasteiger partial charge in [0.1, 0.15) is 0 Å². The molecule has 6 heteroatoms. The first-order valence-electron chi connectivity index (χ1n) is 9.83. The van der Waals surface area contributed by atoms with Crippen LogP contribution in [0, 0.1) is 0 Å². The van der Waals surface area contributed by atoms with Crippen molar-refractivity contribution in [2.45, 2.75) is 32.7 Å². The maximum absolute atomic E-state index is 12.7. The molecule has 0 aliphatic rings. The van der Waals surface area contributed by atoms with Gasteiger partial charge in [-0.15, -0.1) is 0 Å². The van der Waals surface area contributed by atoms with Crippen molar-refractivity contribution in [3.05, 3.63) is 94.3 Å². The van der Waals surface area contributed by atoms with Crippen molar-refractivity contribution < 1.29 is 4.79 Å². The molecule has 2 aromatic heterocycles. The number of pyridine rings is 1.